The lowest BCUT2D eigenvalue weighted by Crippen LogP contribution is -2.33. The number of hydrogen-bond acceptors (Lipinski definition) is 4. The Bertz CT molecular complexity index is 885. The van der Waals surface area contributed by atoms with Gasteiger partial charge in [0, 0.05) is 11.8 Å². The molecule has 26 heavy (non-hydrogen) atoms. The van der Waals surface area contributed by atoms with Gasteiger partial charge in [-0.2, -0.15) is 5.10 Å². The van der Waals surface area contributed by atoms with Crippen LogP contribution in [0.4, 0.5) is 0 Å². The molecule has 3 aromatic rings. The van der Waals surface area contributed by atoms with E-state index in [0.29, 0.717) is 23.9 Å². The molecule has 0 radical (unpaired) electrons. The smallest absolute Gasteiger partial charge is 0.336 e. The van der Waals surface area contributed by atoms with Crippen molar-refractivity contribution in [2.45, 2.75) is 31.8 Å². The van der Waals surface area contributed by atoms with Crippen molar-refractivity contribution in [1.82, 2.24) is 15.1 Å². The van der Waals surface area contributed by atoms with Crippen LogP contribution in [-0.2, 0) is 6.54 Å². The maximum atomic E-state index is 11.4. The number of aromatic nitrogens is 2. The summed E-state index contributed by atoms with van der Waals surface area (Å²) in [5.74, 6) is 0.480. The number of hydrogen-bond donors (Lipinski definition) is 2. The summed E-state index contributed by atoms with van der Waals surface area (Å²) in [7, 11) is 0. The largest absolute Gasteiger partial charge is 0.478 e. The summed E-state index contributed by atoms with van der Waals surface area (Å²) in [6, 6.07) is 13.0. The highest BCUT2D eigenvalue weighted by Crippen LogP contribution is 2.32. The third kappa shape index (κ3) is 3.28. The van der Waals surface area contributed by atoms with E-state index in [-0.39, 0.29) is 5.56 Å². The number of carboxylic acid groups (broad SMARTS) is 1. The number of rotatable bonds is 5. The van der Waals surface area contributed by atoms with E-state index in [2.05, 4.69) is 15.1 Å². The Hall–Kier alpha value is -2.86. The summed E-state index contributed by atoms with van der Waals surface area (Å²) in [4.78, 5) is 13.8. The molecule has 134 valence electrons. The molecule has 1 fully saturated rings. The second-order valence-corrected chi connectivity index (χ2v) is 6.61. The Morgan fingerprint density at radius 1 is 1.23 bits per heavy atom. The highest BCUT2D eigenvalue weighted by molar-refractivity contribution is 5.95. The summed E-state index contributed by atoms with van der Waals surface area (Å²) in [6.07, 6.45) is 5.25. The van der Waals surface area contributed by atoms with E-state index < -0.39 is 5.97 Å². The molecule has 3 heterocycles. The number of nitrogens with zero attached hydrogens (tertiary/aromatic N) is 2. The van der Waals surface area contributed by atoms with E-state index in [4.69, 9.17) is 4.42 Å². The van der Waals surface area contributed by atoms with Gasteiger partial charge in [0.2, 0.25) is 0 Å². The summed E-state index contributed by atoms with van der Waals surface area (Å²) < 4.78 is 6.00. The minimum absolute atomic E-state index is 0.252. The van der Waals surface area contributed by atoms with Crippen molar-refractivity contribution >= 4 is 5.97 Å². The quantitative estimate of drug-likeness (QED) is 0.723. The highest BCUT2D eigenvalue weighted by Gasteiger charge is 2.26. The molecule has 0 aliphatic carbocycles. The van der Waals surface area contributed by atoms with Gasteiger partial charge in [-0.3, -0.25) is 10.00 Å². The molecule has 0 saturated carbocycles. The van der Waals surface area contributed by atoms with Crippen molar-refractivity contribution in [1.29, 1.82) is 0 Å². The van der Waals surface area contributed by atoms with E-state index in [1.807, 2.05) is 24.3 Å². The molecular weight excluding hydrogens is 330 g/mol. The van der Waals surface area contributed by atoms with Crippen molar-refractivity contribution in [3.8, 4) is 11.3 Å². The maximum absolute atomic E-state index is 11.4. The molecule has 0 amide bonds. The van der Waals surface area contributed by atoms with Gasteiger partial charge >= 0.3 is 5.97 Å². The Balaban J connectivity index is 1.56. The Labute approximate surface area is 151 Å². The zero-order valence-corrected chi connectivity index (χ0v) is 14.4. The zero-order valence-electron chi connectivity index (χ0n) is 14.4. The van der Waals surface area contributed by atoms with Crippen molar-refractivity contribution in [3.63, 3.8) is 0 Å². The average molecular weight is 351 g/mol. The lowest BCUT2D eigenvalue weighted by atomic mass is 9.99. The lowest BCUT2D eigenvalue weighted by molar-refractivity contribution is 0.0697. The van der Waals surface area contributed by atoms with Gasteiger partial charge in [-0.05, 0) is 43.7 Å². The summed E-state index contributed by atoms with van der Waals surface area (Å²) in [5.41, 5.74) is 1.99. The second-order valence-electron chi connectivity index (χ2n) is 6.61. The molecule has 1 aliphatic heterocycles. The van der Waals surface area contributed by atoms with Gasteiger partial charge in [0.15, 0.2) is 0 Å². The predicted octanol–water partition coefficient (Wildman–Crippen LogP) is 4.10. The van der Waals surface area contributed by atoms with E-state index in [1.54, 1.807) is 24.4 Å². The summed E-state index contributed by atoms with van der Waals surface area (Å²) >= 11 is 0. The van der Waals surface area contributed by atoms with Gasteiger partial charge in [0.1, 0.15) is 11.5 Å². The molecular formula is C20H21N3O3. The summed E-state index contributed by atoms with van der Waals surface area (Å²) in [6.45, 7) is 1.70. The molecule has 0 unspecified atom stereocenters. The fourth-order valence-corrected chi connectivity index (χ4v) is 3.68. The van der Waals surface area contributed by atoms with Crippen LogP contribution in [0.15, 0.2) is 53.1 Å². The molecule has 1 atom stereocenters. The van der Waals surface area contributed by atoms with E-state index >= 15 is 0 Å². The van der Waals surface area contributed by atoms with Gasteiger partial charge < -0.3 is 9.52 Å². The number of aromatic carboxylic acids is 1. The van der Waals surface area contributed by atoms with Gasteiger partial charge in [0.05, 0.1) is 23.8 Å². The topological polar surface area (TPSA) is 82.4 Å². The van der Waals surface area contributed by atoms with Crippen LogP contribution in [0.5, 0.6) is 0 Å². The SMILES string of the molecule is O=C(O)c1ccccc1-c1ccc(CN2CCCC[C@H]2c2ccn[nH]2)o1. The van der Waals surface area contributed by atoms with Crippen molar-refractivity contribution in [3.05, 3.63) is 65.7 Å². The minimum Gasteiger partial charge on any atom is -0.478 e. The third-order valence-electron chi connectivity index (χ3n) is 4.94. The average Bonchev–Trinajstić information content (AvgIpc) is 3.34. The van der Waals surface area contributed by atoms with E-state index in [1.165, 1.54) is 12.8 Å². The van der Waals surface area contributed by atoms with Crippen LogP contribution in [0.3, 0.4) is 0 Å². The number of piperidine rings is 1. The number of likely N-dealkylation sites (tertiary alicyclic amines) is 1. The van der Waals surface area contributed by atoms with Crippen molar-refractivity contribution in [2.24, 2.45) is 0 Å². The number of carboxylic acids is 1. The minimum atomic E-state index is -0.950. The fraction of sp³-hybridized carbons (Fsp3) is 0.300. The molecule has 6 nitrogen and oxygen atoms in total. The van der Waals surface area contributed by atoms with Crippen LogP contribution in [0.1, 0.15) is 47.1 Å². The molecule has 0 spiro atoms. The van der Waals surface area contributed by atoms with Crippen LogP contribution in [0.2, 0.25) is 0 Å². The number of aromatic amines is 1. The number of benzene rings is 1. The highest BCUT2D eigenvalue weighted by atomic mass is 16.4. The fourth-order valence-electron chi connectivity index (χ4n) is 3.68. The number of carbonyl (C=O) groups is 1. The van der Waals surface area contributed by atoms with Gasteiger partial charge in [-0.1, -0.05) is 24.6 Å². The van der Waals surface area contributed by atoms with Crippen LogP contribution >= 0.6 is 0 Å². The second kappa shape index (κ2) is 7.17. The molecule has 2 aromatic heterocycles. The number of nitrogens with one attached hydrogen (secondary N) is 1. The van der Waals surface area contributed by atoms with Crippen LogP contribution < -0.4 is 0 Å². The molecule has 6 heteroatoms. The molecule has 1 aromatic carbocycles. The van der Waals surface area contributed by atoms with E-state index in [9.17, 15) is 9.90 Å². The first-order valence-corrected chi connectivity index (χ1v) is 8.87. The molecule has 0 bridgehead atoms. The standard InChI is InChI=1S/C20H21N3O3/c24-20(25)16-6-2-1-5-15(16)19-9-8-14(26-19)13-23-12-4-3-7-18(23)17-10-11-21-22-17/h1-2,5-6,8-11,18H,3-4,7,12-13H2,(H,21,22)(H,24,25)/t18-/m0/s1. The Morgan fingerprint density at radius 2 is 2.12 bits per heavy atom. The third-order valence-corrected chi connectivity index (χ3v) is 4.94. The van der Waals surface area contributed by atoms with Gasteiger partial charge in [-0.15, -0.1) is 0 Å². The van der Waals surface area contributed by atoms with Crippen LogP contribution in [0, 0.1) is 0 Å². The normalized spacial score (nSPS) is 18.1. The molecule has 1 aliphatic rings. The molecule has 1 saturated heterocycles. The number of H-pyrrole nitrogens is 1. The van der Waals surface area contributed by atoms with Crippen molar-refractivity contribution < 1.29 is 14.3 Å². The first-order chi connectivity index (χ1) is 12.7. The van der Waals surface area contributed by atoms with Crippen LogP contribution in [-0.4, -0.2) is 32.7 Å². The summed E-state index contributed by atoms with van der Waals surface area (Å²) in [5, 5.41) is 16.5. The van der Waals surface area contributed by atoms with E-state index in [0.717, 1.165) is 24.4 Å². The Morgan fingerprint density at radius 3 is 2.92 bits per heavy atom. The Kier molecular flexibility index (Phi) is 4.58. The van der Waals surface area contributed by atoms with Gasteiger partial charge in [0.25, 0.3) is 0 Å². The molecule has 2 N–H and O–H groups in total. The first kappa shape index (κ1) is 16.6. The molecule has 4 rings (SSSR count). The zero-order chi connectivity index (χ0) is 17.9. The monoisotopic (exact) mass is 351 g/mol. The van der Waals surface area contributed by atoms with Gasteiger partial charge in [-0.25, -0.2) is 4.79 Å². The van der Waals surface area contributed by atoms with Crippen LogP contribution in [0.25, 0.3) is 11.3 Å². The van der Waals surface area contributed by atoms with Crippen molar-refractivity contribution in [2.75, 3.05) is 6.54 Å². The lowest BCUT2D eigenvalue weighted by Gasteiger charge is -2.34. The maximum Gasteiger partial charge on any atom is 0.336 e. The number of furan rings is 1. The predicted molar refractivity (Wildman–Crippen MR) is 96.7 cm³/mol. The first-order valence-electron chi connectivity index (χ1n) is 8.87.